The van der Waals surface area contributed by atoms with E-state index in [4.69, 9.17) is 9.47 Å². The largest absolute Gasteiger partial charge is 0.493 e. The van der Waals surface area contributed by atoms with E-state index in [1.165, 1.54) is 19.3 Å². The summed E-state index contributed by atoms with van der Waals surface area (Å²) in [5.41, 5.74) is 12.3. The molecule has 0 amide bonds. The number of hydrogen-bond acceptors (Lipinski definition) is 4. The quantitative estimate of drug-likeness (QED) is 0.0565. The third-order valence-electron chi connectivity index (χ3n) is 12.4. The van der Waals surface area contributed by atoms with E-state index in [1.54, 1.807) is 0 Å². The first-order valence-corrected chi connectivity index (χ1v) is 24.3. The molecule has 0 aliphatic carbocycles. The van der Waals surface area contributed by atoms with Crippen LogP contribution in [0.15, 0.2) is 182 Å². The number of unbranched alkanes of at least 4 members (excludes halogenated alkanes) is 2. The topological polar surface area (TPSA) is 24.9 Å². The molecule has 4 heteroatoms. The number of para-hydroxylation sites is 4. The average Bonchev–Trinajstić information content (AvgIpc) is 3.38. The van der Waals surface area contributed by atoms with Gasteiger partial charge in [0.05, 0.1) is 19.3 Å². The fraction of sp³-hybridized carbons (Fsp3) is 0.258. The lowest BCUT2D eigenvalue weighted by Crippen LogP contribution is -2.13. The first-order chi connectivity index (χ1) is 32.6. The highest BCUT2D eigenvalue weighted by Crippen LogP contribution is 2.37. The first-order valence-electron chi connectivity index (χ1n) is 24.3. The van der Waals surface area contributed by atoms with Crippen LogP contribution in [0.5, 0.6) is 5.75 Å². The maximum Gasteiger partial charge on any atom is 0.127 e. The Hall–Kier alpha value is -6.62. The molecule has 4 nitrogen and oxygen atoms in total. The molecule has 0 aliphatic heterocycles. The van der Waals surface area contributed by atoms with Crippen molar-refractivity contribution < 1.29 is 9.47 Å². The van der Waals surface area contributed by atoms with Crippen LogP contribution in [-0.2, 0) is 11.3 Å². The summed E-state index contributed by atoms with van der Waals surface area (Å²) in [7, 11) is 0. The second-order valence-corrected chi connectivity index (χ2v) is 17.2. The van der Waals surface area contributed by atoms with Gasteiger partial charge in [0.15, 0.2) is 0 Å². The molecule has 338 valence electrons. The molecule has 66 heavy (non-hydrogen) atoms. The van der Waals surface area contributed by atoms with E-state index in [-0.39, 0.29) is 6.10 Å². The second-order valence-electron chi connectivity index (χ2n) is 17.2. The van der Waals surface area contributed by atoms with Crippen LogP contribution in [0.3, 0.4) is 0 Å². The SMILES string of the molecule is CCCCC(CC)COc1cc(/C=C/c2ccc(N(c3ccccc3)c3ccccc3)cc2)c(COC(CC)CCCC)cc1/C=C/c1ccc(N(c2ccccc2)c2ccccc2)cc1. The molecule has 7 rings (SSSR count). The van der Waals surface area contributed by atoms with Crippen molar-refractivity contribution in [2.75, 3.05) is 16.4 Å². The molecular weight excluding hydrogens is 805 g/mol. The summed E-state index contributed by atoms with van der Waals surface area (Å²) in [6.45, 7) is 10.3. The molecule has 0 spiro atoms. The van der Waals surface area contributed by atoms with Crippen LogP contribution in [0.2, 0.25) is 0 Å². The molecule has 2 unspecified atom stereocenters. The highest BCUT2D eigenvalue weighted by Gasteiger charge is 2.16. The average molecular weight is 873 g/mol. The first kappa shape index (κ1) is 47.3. The van der Waals surface area contributed by atoms with Gasteiger partial charge in [0, 0.05) is 39.7 Å². The highest BCUT2D eigenvalue weighted by atomic mass is 16.5. The second kappa shape index (κ2) is 25.2. The zero-order valence-electron chi connectivity index (χ0n) is 39.6. The van der Waals surface area contributed by atoms with Crippen LogP contribution in [0.1, 0.15) is 107 Å². The number of hydrogen-bond donors (Lipinski definition) is 0. The van der Waals surface area contributed by atoms with Gasteiger partial charge in [0.2, 0.25) is 0 Å². The summed E-state index contributed by atoms with van der Waals surface area (Å²) in [5.74, 6) is 1.40. The van der Waals surface area contributed by atoms with Gasteiger partial charge in [-0.1, -0.05) is 181 Å². The summed E-state index contributed by atoms with van der Waals surface area (Å²) < 4.78 is 13.6. The Morgan fingerprint density at radius 1 is 0.439 bits per heavy atom. The predicted octanol–water partition coefficient (Wildman–Crippen LogP) is 18.0. The van der Waals surface area contributed by atoms with Crippen molar-refractivity contribution >= 4 is 58.4 Å². The summed E-state index contributed by atoms with van der Waals surface area (Å²) in [4.78, 5) is 4.59. The highest BCUT2D eigenvalue weighted by molar-refractivity contribution is 5.81. The molecule has 0 saturated heterocycles. The Bertz CT molecular complexity index is 2260. The Morgan fingerprint density at radius 3 is 1.29 bits per heavy atom. The lowest BCUT2D eigenvalue weighted by molar-refractivity contribution is 0.0311. The van der Waals surface area contributed by atoms with Gasteiger partial charge in [-0.3, -0.25) is 0 Å². The van der Waals surface area contributed by atoms with Crippen molar-refractivity contribution in [1.29, 1.82) is 0 Å². The van der Waals surface area contributed by atoms with Crippen LogP contribution in [0.25, 0.3) is 24.3 Å². The van der Waals surface area contributed by atoms with Crippen molar-refractivity contribution in [3.05, 3.63) is 210 Å². The predicted molar refractivity (Wildman–Crippen MR) is 284 cm³/mol. The smallest absolute Gasteiger partial charge is 0.127 e. The van der Waals surface area contributed by atoms with E-state index in [1.807, 2.05) is 0 Å². The van der Waals surface area contributed by atoms with Crippen molar-refractivity contribution in [3.63, 3.8) is 0 Å². The van der Waals surface area contributed by atoms with E-state index in [2.05, 4.69) is 244 Å². The van der Waals surface area contributed by atoms with Crippen LogP contribution in [0, 0.1) is 5.92 Å². The van der Waals surface area contributed by atoms with E-state index in [9.17, 15) is 0 Å². The van der Waals surface area contributed by atoms with Crippen molar-refractivity contribution in [1.82, 2.24) is 0 Å². The summed E-state index contributed by atoms with van der Waals surface area (Å²) in [5, 5.41) is 0. The lowest BCUT2D eigenvalue weighted by Gasteiger charge is -2.25. The molecule has 0 aliphatic rings. The van der Waals surface area contributed by atoms with Crippen LogP contribution in [-0.4, -0.2) is 12.7 Å². The van der Waals surface area contributed by atoms with Crippen LogP contribution < -0.4 is 14.5 Å². The van der Waals surface area contributed by atoms with Crippen molar-refractivity contribution in [2.24, 2.45) is 5.92 Å². The maximum atomic E-state index is 6.86. The minimum absolute atomic E-state index is 0.218. The Kier molecular flexibility index (Phi) is 18.1. The molecule has 0 heterocycles. The number of rotatable bonds is 24. The Labute approximate surface area is 395 Å². The monoisotopic (exact) mass is 873 g/mol. The number of nitrogens with zero attached hydrogens (tertiary/aromatic N) is 2. The molecule has 0 saturated carbocycles. The summed E-state index contributed by atoms with van der Waals surface area (Å²) >= 11 is 0. The molecule has 0 bridgehead atoms. The van der Waals surface area contributed by atoms with Gasteiger partial charge in [-0.15, -0.1) is 0 Å². The molecule has 7 aromatic rings. The van der Waals surface area contributed by atoms with Gasteiger partial charge in [-0.25, -0.2) is 0 Å². The van der Waals surface area contributed by atoms with Crippen LogP contribution >= 0.6 is 0 Å². The third-order valence-corrected chi connectivity index (χ3v) is 12.4. The normalized spacial score (nSPS) is 12.4. The molecule has 7 aromatic carbocycles. The number of anilines is 6. The van der Waals surface area contributed by atoms with E-state index in [0.29, 0.717) is 19.1 Å². The van der Waals surface area contributed by atoms with E-state index < -0.39 is 0 Å². The van der Waals surface area contributed by atoms with Gasteiger partial charge in [0.1, 0.15) is 5.75 Å². The number of ether oxygens (including phenoxy) is 2. The number of benzene rings is 7. The zero-order chi connectivity index (χ0) is 45.8. The third kappa shape index (κ3) is 13.2. The molecule has 0 radical (unpaired) electrons. The molecule has 0 N–H and O–H groups in total. The molecule has 0 aromatic heterocycles. The molecule has 0 fully saturated rings. The van der Waals surface area contributed by atoms with Gasteiger partial charge >= 0.3 is 0 Å². The lowest BCUT2D eigenvalue weighted by atomic mass is 9.99. The standard InChI is InChI=1S/C62H68N2O2/c1-5-9-23-49(7-3)47-66-62-46-52(39-33-50-35-41-59(42-36-50)63(55-24-15-11-16-25-55)56-26-17-12-18-27-56)54(48-65-61(8-4)32-10-6-2)45-53(62)40-34-51-37-43-60(44-38-51)64(57-28-19-13-20-29-57)58-30-21-14-22-31-58/h11-22,24-31,33-46,49,61H,5-10,23,32,47-48H2,1-4H3/b39-33+,40-34+. The van der Waals surface area contributed by atoms with Crippen molar-refractivity contribution in [3.8, 4) is 5.75 Å². The summed E-state index contributed by atoms with van der Waals surface area (Å²) in [6, 6.07) is 64.4. The fourth-order valence-corrected chi connectivity index (χ4v) is 8.39. The maximum absolute atomic E-state index is 6.86. The van der Waals surface area contributed by atoms with Gasteiger partial charge in [-0.05, 0) is 132 Å². The zero-order valence-corrected chi connectivity index (χ0v) is 39.6. The van der Waals surface area contributed by atoms with Crippen molar-refractivity contribution in [2.45, 2.75) is 91.8 Å². The molecular formula is C62H68N2O2. The summed E-state index contributed by atoms with van der Waals surface area (Å²) in [6.07, 6.45) is 18.2. The van der Waals surface area contributed by atoms with Crippen LogP contribution in [0.4, 0.5) is 34.1 Å². The van der Waals surface area contributed by atoms with Gasteiger partial charge in [-0.2, -0.15) is 0 Å². The Morgan fingerprint density at radius 2 is 0.864 bits per heavy atom. The van der Waals surface area contributed by atoms with E-state index >= 15 is 0 Å². The molecule has 2 atom stereocenters. The fourth-order valence-electron chi connectivity index (χ4n) is 8.39. The Balaban J connectivity index is 1.22. The van der Waals surface area contributed by atoms with E-state index in [0.717, 1.165) is 99.8 Å². The van der Waals surface area contributed by atoms with Gasteiger partial charge in [0.25, 0.3) is 0 Å². The van der Waals surface area contributed by atoms with Gasteiger partial charge < -0.3 is 19.3 Å². The minimum Gasteiger partial charge on any atom is -0.493 e. The minimum atomic E-state index is 0.218.